The monoisotopic (exact) mass is 292 g/mol. The molecule has 3 nitrogen and oxygen atoms in total. The van der Waals surface area contributed by atoms with Crippen LogP contribution in [-0.2, 0) is 4.79 Å². The standard InChI is InChI=1S/C18H28O3/c1-18-7-6-12-11-3-2-10(19)8-14(11)16(20)9-13(12)15(18)4-5-17(18)21/h10-16,19-20H,2-9H2,1H3/t10-,11-,12-,13-,14+,15-,16+,18+/m1/s1. The van der Waals surface area contributed by atoms with E-state index in [4.69, 9.17) is 0 Å². The summed E-state index contributed by atoms with van der Waals surface area (Å²) >= 11 is 0. The predicted octanol–water partition coefficient (Wildman–Crippen LogP) is 2.54. The summed E-state index contributed by atoms with van der Waals surface area (Å²) in [7, 11) is 0. The van der Waals surface area contributed by atoms with Crippen molar-refractivity contribution in [3.8, 4) is 0 Å². The number of carbonyl (C=O) groups is 1. The zero-order chi connectivity index (χ0) is 14.8. The molecule has 0 aromatic carbocycles. The minimum Gasteiger partial charge on any atom is -0.393 e. The van der Waals surface area contributed by atoms with E-state index < -0.39 is 0 Å². The number of aliphatic hydroxyl groups excluding tert-OH is 2. The summed E-state index contributed by atoms with van der Waals surface area (Å²) in [6.45, 7) is 2.19. The van der Waals surface area contributed by atoms with Crippen LogP contribution in [0.2, 0.25) is 0 Å². The van der Waals surface area contributed by atoms with Crippen molar-refractivity contribution in [2.24, 2.45) is 35.0 Å². The van der Waals surface area contributed by atoms with Crippen molar-refractivity contribution >= 4 is 5.78 Å². The Kier molecular flexibility index (Phi) is 3.24. The van der Waals surface area contributed by atoms with Crippen LogP contribution in [0.5, 0.6) is 0 Å². The smallest absolute Gasteiger partial charge is 0.139 e. The fourth-order valence-corrected chi connectivity index (χ4v) is 6.59. The molecule has 21 heavy (non-hydrogen) atoms. The number of ketones is 1. The summed E-state index contributed by atoms with van der Waals surface area (Å²) in [5, 5.41) is 20.6. The lowest BCUT2D eigenvalue weighted by Gasteiger charge is -2.56. The lowest BCUT2D eigenvalue weighted by atomic mass is 9.50. The maximum Gasteiger partial charge on any atom is 0.139 e. The van der Waals surface area contributed by atoms with E-state index in [0.29, 0.717) is 35.4 Å². The molecule has 0 radical (unpaired) electrons. The number of carbonyl (C=O) groups excluding carboxylic acids is 1. The predicted molar refractivity (Wildman–Crippen MR) is 79.5 cm³/mol. The molecule has 0 saturated heterocycles. The van der Waals surface area contributed by atoms with Gasteiger partial charge in [0.15, 0.2) is 0 Å². The van der Waals surface area contributed by atoms with Crippen LogP contribution in [0.3, 0.4) is 0 Å². The Morgan fingerprint density at radius 2 is 1.71 bits per heavy atom. The normalized spacial score (nSPS) is 56.5. The van der Waals surface area contributed by atoms with Gasteiger partial charge in [-0.25, -0.2) is 0 Å². The van der Waals surface area contributed by atoms with Gasteiger partial charge in [0, 0.05) is 11.8 Å². The van der Waals surface area contributed by atoms with Gasteiger partial charge in [0.1, 0.15) is 5.78 Å². The van der Waals surface area contributed by atoms with Crippen molar-refractivity contribution in [1.82, 2.24) is 0 Å². The van der Waals surface area contributed by atoms with Gasteiger partial charge < -0.3 is 10.2 Å². The SMILES string of the molecule is C[C@]12CC[C@@H]3[C@H]4CC[C@@H](O)C[C@@H]4[C@@H](O)C[C@H]3[C@H]1CCC2=O. The summed E-state index contributed by atoms with van der Waals surface area (Å²) in [5.74, 6) is 3.10. The first-order chi connectivity index (χ1) is 10.0. The van der Waals surface area contributed by atoms with Crippen molar-refractivity contribution in [2.75, 3.05) is 0 Å². The molecule has 0 aromatic heterocycles. The quantitative estimate of drug-likeness (QED) is 0.721. The van der Waals surface area contributed by atoms with Crippen LogP contribution in [0.15, 0.2) is 0 Å². The highest BCUT2D eigenvalue weighted by Crippen LogP contribution is 2.61. The first-order valence-electron chi connectivity index (χ1n) is 8.90. The molecular weight excluding hydrogens is 264 g/mol. The van der Waals surface area contributed by atoms with Crippen LogP contribution in [0.25, 0.3) is 0 Å². The highest BCUT2D eigenvalue weighted by Gasteiger charge is 2.58. The Bertz CT molecular complexity index is 448. The zero-order valence-electron chi connectivity index (χ0n) is 13.0. The lowest BCUT2D eigenvalue weighted by molar-refractivity contribution is -0.141. The number of hydrogen-bond acceptors (Lipinski definition) is 3. The average Bonchev–Trinajstić information content (AvgIpc) is 2.76. The molecule has 0 aromatic rings. The van der Waals surface area contributed by atoms with E-state index in [2.05, 4.69) is 6.92 Å². The van der Waals surface area contributed by atoms with Gasteiger partial charge in [-0.05, 0) is 74.5 Å². The third-order valence-electron chi connectivity index (χ3n) is 7.69. The first-order valence-corrected chi connectivity index (χ1v) is 8.90. The second-order valence-electron chi connectivity index (χ2n) is 8.45. The van der Waals surface area contributed by atoms with E-state index in [-0.39, 0.29) is 17.6 Å². The van der Waals surface area contributed by atoms with E-state index in [1.807, 2.05) is 0 Å². The molecule has 0 aliphatic heterocycles. The number of hydrogen-bond donors (Lipinski definition) is 2. The average molecular weight is 292 g/mol. The first kappa shape index (κ1) is 14.2. The van der Waals surface area contributed by atoms with Crippen molar-refractivity contribution in [2.45, 2.75) is 70.5 Å². The van der Waals surface area contributed by atoms with Gasteiger partial charge in [-0.15, -0.1) is 0 Å². The van der Waals surface area contributed by atoms with Gasteiger partial charge >= 0.3 is 0 Å². The largest absolute Gasteiger partial charge is 0.393 e. The summed E-state index contributed by atoms with van der Waals surface area (Å²) in [6, 6.07) is 0. The molecule has 4 aliphatic rings. The minimum absolute atomic E-state index is 0.0953. The molecule has 0 heterocycles. The number of fused-ring (bicyclic) bond motifs is 5. The molecule has 0 amide bonds. The van der Waals surface area contributed by atoms with Crippen molar-refractivity contribution < 1.29 is 15.0 Å². The Morgan fingerprint density at radius 3 is 2.52 bits per heavy atom. The van der Waals surface area contributed by atoms with Crippen LogP contribution in [0, 0.1) is 35.0 Å². The fraction of sp³-hybridized carbons (Fsp3) is 0.944. The summed E-state index contributed by atoms with van der Waals surface area (Å²) < 4.78 is 0. The molecular formula is C18H28O3. The van der Waals surface area contributed by atoms with Crippen molar-refractivity contribution in [1.29, 1.82) is 0 Å². The van der Waals surface area contributed by atoms with Crippen LogP contribution in [0.1, 0.15) is 58.3 Å². The lowest BCUT2D eigenvalue weighted by Crippen LogP contribution is -2.53. The fourth-order valence-electron chi connectivity index (χ4n) is 6.59. The second kappa shape index (κ2) is 4.79. The maximum atomic E-state index is 12.3. The topological polar surface area (TPSA) is 57.5 Å². The van der Waals surface area contributed by atoms with Gasteiger partial charge in [-0.3, -0.25) is 4.79 Å². The highest BCUT2D eigenvalue weighted by atomic mass is 16.3. The zero-order valence-corrected chi connectivity index (χ0v) is 13.0. The summed E-state index contributed by atoms with van der Waals surface area (Å²) in [4.78, 5) is 12.3. The number of Topliss-reactive ketones (excluding diaryl/α,β-unsaturated/α-hetero) is 1. The Hall–Kier alpha value is -0.410. The van der Waals surface area contributed by atoms with Gasteiger partial charge in [-0.2, -0.15) is 0 Å². The molecule has 2 N–H and O–H groups in total. The molecule has 118 valence electrons. The van der Waals surface area contributed by atoms with Gasteiger partial charge in [0.2, 0.25) is 0 Å². The Morgan fingerprint density at radius 1 is 0.952 bits per heavy atom. The van der Waals surface area contributed by atoms with E-state index in [9.17, 15) is 15.0 Å². The van der Waals surface area contributed by atoms with Crippen LogP contribution in [0.4, 0.5) is 0 Å². The van der Waals surface area contributed by atoms with Crippen LogP contribution < -0.4 is 0 Å². The molecule has 3 heteroatoms. The number of rotatable bonds is 0. The van der Waals surface area contributed by atoms with E-state index >= 15 is 0 Å². The van der Waals surface area contributed by atoms with E-state index in [0.717, 1.165) is 51.4 Å². The Balaban J connectivity index is 1.62. The van der Waals surface area contributed by atoms with Crippen molar-refractivity contribution in [3.63, 3.8) is 0 Å². The number of aliphatic hydroxyl groups is 2. The molecule has 8 atom stereocenters. The minimum atomic E-state index is -0.260. The summed E-state index contributed by atoms with van der Waals surface area (Å²) in [5.41, 5.74) is -0.0953. The van der Waals surface area contributed by atoms with E-state index in [1.54, 1.807) is 0 Å². The van der Waals surface area contributed by atoms with Gasteiger partial charge in [-0.1, -0.05) is 6.92 Å². The molecule has 4 saturated carbocycles. The molecule has 4 rings (SSSR count). The molecule has 0 bridgehead atoms. The molecule has 0 spiro atoms. The summed E-state index contributed by atoms with van der Waals surface area (Å²) in [6.07, 6.45) is 7.17. The third-order valence-corrected chi connectivity index (χ3v) is 7.69. The second-order valence-corrected chi connectivity index (χ2v) is 8.45. The highest BCUT2D eigenvalue weighted by molar-refractivity contribution is 5.87. The van der Waals surface area contributed by atoms with Crippen LogP contribution >= 0.6 is 0 Å². The Labute approximate surface area is 127 Å². The van der Waals surface area contributed by atoms with E-state index in [1.165, 1.54) is 0 Å². The molecule has 0 unspecified atom stereocenters. The molecule has 4 aliphatic carbocycles. The van der Waals surface area contributed by atoms with Gasteiger partial charge in [0.25, 0.3) is 0 Å². The van der Waals surface area contributed by atoms with Crippen molar-refractivity contribution in [3.05, 3.63) is 0 Å². The third kappa shape index (κ3) is 1.96. The van der Waals surface area contributed by atoms with Crippen LogP contribution in [-0.4, -0.2) is 28.2 Å². The van der Waals surface area contributed by atoms with Gasteiger partial charge in [0.05, 0.1) is 12.2 Å². The maximum absolute atomic E-state index is 12.3. The molecule has 4 fully saturated rings.